The molecule has 4 rings (SSSR count). The summed E-state index contributed by atoms with van der Waals surface area (Å²) >= 11 is 0. The van der Waals surface area contributed by atoms with Crippen molar-refractivity contribution in [2.75, 3.05) is 37.0 Å². The van der Waals surface area contributed by atoms with E-state index >= 15 is 0 Å². The highest BCUT2D eigenvalue weighted by atomic mass is 19.1. The summed E-state index contributed by atoms with van der Waals surface area (Å²) < 4.78 is 19.0. The Hall–Kier alpha value is -3.45. The lowest BCUT2D eigenvalue weighted by Gasteiger charge is -2.22. The van der Waals surface area contributed by atoms with Gasteiger partial charge < -0.3 is 15.2 Å². The Balaban J connectivity index is 1.61. The molecule has 1 amide bonds. The number of hydrogen-bond donors (Lipinski definition) is 2. The van der Waals surface area contributed by atoms with E-state index in [1.807, 2.05) is 24.3 Å². The van der Waals surface area contributed by atoms with Gasteiger partial charge in [-0.05, 0) is 65.9 Å². The highest BCUT2D eigenvalue weighted by molar-refractivity contribution is 6.07. The zero-order chi connectivity index (χ0) is 21.8. The van der Waals surface area contributed by atoms with E-state index in [1.165, 1.54) is 18.1 Å². The summed E-state index contributed by atoms with van der Waals surface area (Å²) in [6.45, 7) is 0.740. The summed E-state index contributed by atoms with van der Waals surface area (Å²) in [7, 11) is 1.43. The van der Waals surface area contributed by atoms with Crippen molar-refractivity contribution in [1.29, 1.82) is 0 Å². The number of anilines is 2. The maximum absolute atomic E-state index is 14.0. The van der Waals surface area contributed by atoms with Gasteiger partial charge in [-0.3, -0.25) is 9.69 Å². The Morgan fingerprint density at radius 1 is 1.23 bits per heavy atom. The van der Waals surface area contributed by atoms with E-state index in [-0.39, 0.29) is 24.8 Å². The molecular formula is C24H24FN3O3. The number of nitrogens with one attached hydrogen (secondary N) is 1. The Morgan fingerprint density at radius 2 is 2.06 bits per heavy atom. The first kappa shape index (κ1) is 20.8. The van der Waals surface area contributed by atoms with Gasteiger partial charge in [0.15, 0.2) is 11.6 Å². The molecule has 1 aliphatic heterocycles. The third kappa shape index (κ3) is 4.36. The summed E-state index contributed by atoms with van der Waals surface area (Å²) in [6, 6.07) is 14.1. The molecular weight excluding hydrogens is 397 g/mol. The number of rotatable bonds is 7. The zero-order valence-corrected chi connectivity index (χ0v) is 17.3. The topological polar surface area (TPSA) is 74.7 Å². The largest absolute Gasteiger partial charge is 0.494 e. The summed E-state index contributed by atoms with van der Waals surface area (Å²) in [5, 5.41) is 12.9. The molecule has 160 valence electrons. The van der Waals surface area contributed by atoms with Gasteiger partial charge in [0.25, 0.3) is 5.91 Å². The fourth-order valence-corrected chi connectivity index (χ4v) is 3.88. The van der Waals surface area contributed by atoms with E-state index in [2.05, 4.69) is 10.3 Å². The molecule has 2 heterocycles. The van der Waals surface area contributed by atoms with Crippen LogP contribution in [0.25, 0.3) is 0 Å². The molecule has 1 aliphatic rings. The molecule has 3 aromatic rings. The molecule has 0 radical (unpaired) electrons. The first-order chi connectivity index (χ1) is 15.1. The van der Waals surface area contributed by atoms with Gasteiger partial charge in [-0.25, -0.2) is 9.37 Å². The molecule has 0 bridgehead atoms. The minimum absolute atomic E-state index is 0.129. The lowest BCUT2D eigenvalue weighted by atomic mass is 10.0. The van der Waals surface area contributed by atoms with Crippen molar-refractivity contribution in [3.05, 3.63) is 82.8 Å². The van der Waals surface area contributed by atoms with Crippen LogP contribution in [0, 0.1) is 5.82 Å². The van der Waals surface area contributed by atoms with E-state index in [0.717, 1.165) is 35.3 Å². The fourth-order valence-electron chi connectivity index (χ4n) is 3.88. The Labute approximate surface area is 180 Å². The van der Waals surface area contributed by atoms with E-state index in [9.17, 15) is 14.3 Å². The smallest absolute Gasteiger partial charge is 0.259 e. The van der Waals surface area contributed by atoms with Crippen LogP contribution in [0.3, 0.4) is 0 Å². The van der Waals surface area contributed by atoms with Crippen LogP contribution < -0.4 is 15.0 Å². The quantitative estimate of drug-likeness (QED) is 0.612. The second kappa shape index (κ2) is 9.14. The number of fused-ring (bicyclic) bond motifs is 1. The number of aromatic nitrogens is 1. The number of methoxy groups -OCH3 is 1. The van der Waals surface area contributed by atoms with Crippen LogP contribution in [0.15, 0.2) is 54.7 Å². The first-order valence-electron chi connectivity index (χ1n) is 10.2. The number of aliphatic hydroxyl groups excluding tert-OH is 1. The molecule has 0 aliphatic carbocycles. The van der Waals surface area contributed by atoms with Crippen LogP contribution in [-0.2, 0) is 12.8 Å². The van der Waals surface area contributed by atoms with Crippen LogP contribution in [0.4, 0.5) is 15.9 Å². The van der Waals surface area contributed by atoms with Gasteiger partial charge in [0.2, 0.25) is 0 Å². The van der Waals surface area contributed by atoms with Gasteiger partial charge in [-0.1, -0.05) is 12.1 Å². The molecule has 7 heteroatoms. The van der Waals surface area contributed by atoms with Crippen LogP contribution in [0.2, 0.25) is 0 Å². The number of nitrogens with zero attached hydrogens (tertiary/aromatic N) is 2. The summed E-state index contributed by atoms with van der Waals surface area (Å²) in [4.78, 5) is 19.2. The number of carbonyl (C=O) groups is 1. The number of hydrogen-bond acceptors (Lipinski definition) is 5. The van der Waals surface area contributed by atoms with Crippen LogP contribution >= 0.6 is 0 Å². The molecule has 31 heavy (non-hydrogen) atoms. The van der Waals surface area contributed by atoms with Crippen molar-refractivity contribution in [3.8, 4) is 5.75 Å². The van der Waals surface area contributed by atoms with Crippen molar-refractivity contribution in [3.63, 3.8) is 0 Å². The summed E-state index contributed by atoms with van der Waals surface area (Å²) in [5.74, 6) is 0.0329. The van der Waals surface area contributed by atoms with Crippen molar-refractivity contribution in [2.45, 2.75) is 12.8 Å². The number of benzene rings is 2. The average molecular weight is 421 g/mol. The van der Waals surface area contributed by atoms with E-state index in [1.54, 1.807) is 24.4 Å². The minimum Gasteiger partial charge on any atom is -0.494 e. The highest BCUT2D eigenvalue weighted by Gasteiger charge is 2.24. The van der Waals surface area contributed by atoms with Gasteiger partial charge in [0.1, 0.15) is 5.82 Å². The molecule has 6 nitrogen and oxygen atoms in total. The third-order valence-corrected chi connectivity index (χ3v) is 5.38. The SMILES string of the molecule is COc1ccc(Cc2ccnc(N(CCO)C(=O)c3cccc4c3CCN4)c2)cc1F. The van der Waals surface area contributed by atoms with Crippen molar-refractivity contribution >= 4 is 17.4 Å². The molecule has 1 aromatic heterocycles. The average Bonchev–Trinajstić information content (AvgIpc) is 3.26. The van der Waals surface area contributed by atoms with E-state index in [4.69, 9.17) is 4.74 Å². The van der Waals surface area contributed by atoms with Gasteiger partial charge in [-0.2, -0.15) is 0 Å². The Bertz CT molecular complexity index is 1100. The zero-order valence-electron chi connectivity index (χ0n) is 17.3. The molecule has 0 saturated carbocycles. The van der Waals surface area contributed by atoms with E-state index in [0.29, 0.717) is 17.8 Å². The second-order valence-corrected chi connectivity index (χ2v) is 7.36. The number of halogens is 1. The van der Waals surface area contributed by atoms with Gasteiger partial charge in [-0.15, -0.1) is 0 Å². The molecule has 0 atom stereocenters. The normalized spacial score (nSPS) is 12.2. The summed E-state index contributed by atoms with van der Waals surface area (Å²) in [5.41, 5.74) is 4.23. The highest BCUT2D eigenvalue weighted by Crippen LogP contribution is 2.28. The maximum Gasteiger partial charge on any atom is 0.259 e. The number of ether oxygens (including phenoxy) is 1. The maximum atomic E-state index is 14.0. The summed E-state index contributed by atoms with van der Waals surface area (Å²) in [6.07, 6.45) is 2.88. The molecule has 2 aromatic carbocycles. The van der Waals surface area contributed by atoms with Crippen LogP contribution in [0.5, 0.6) is 5.75 Å². The predicted octanol–water partition coefficient (Wildman–Crippen LogP) is 3.43. The van der Waals surface area contributed by atoms with Crippen molar-refractivity contribution in [1.82, 2.24) is 4.98 Å². The second-order valence-electron chi connectivity index (χ2n) is 7.36. The molecule has 0 fully saturated rings. The van der Waals surface area contributed by atoms with Crippen LogP contribution in [0.1, 0.15) is 27.0 Å². The standard InChI is InChI=1S/C24H24FN3O3/c1-31-22-6-5-16(14-20(22)25)13-17-7-9-27-23(15-17)28(11-12-29)24(30)19-3-2-4-21-18(19)8-10-26-21/h2-7,9,14-15,26,29H,8,10-13H2,1H3. The van der Waals surface area contributed by atoms with Gasteiger partial charge in [0, 0.05) is 24.0 Å². The Morgan fingerprint density at radius 3 is 2.84 bits per heavy atom. The predicted molar refractivity (Wildman–Crippen MR) is 117 cm³/mol. The number of amides is 1. The van der Waals surface area contributed by atoms with E-state index < -0.39 is 5.82 Å². The van der Waals surface area contributed by atoms with Gasteiger partial charge >= 0.3 is 0 Å². The molecule has 0 saturated heterocycles. The first-order valence-corrected chi connectivity index (χ1v) is 10.2. The number of carbonyl (C=O) groups excluding carboxylic acids is 1. The van der Waals surface area contributed by atoms with Crippen molar-refractivity contribution < 1.29 is 19.0 Å². The third-order valence-electron chi connectivity index (χ3n) is 5.38. The molecule has 2 N–H and O–H groups in total. The van der Waals surface area contributed by atoms with Crippen molar-refractivity contribution in [2.24, 2.45) is 0 Å². The molecule has 0 spiro atoms. The lowest BCUT2D eigenvalue weighted by molar-refractivity contribution is 0.0979. The number of pyridine rings is 1. The number of aliphatic hydroxyl groups is 1. The fraction of sp³-hybridized carbons (Fsp3) is 0.250. The van der Waals surface area contributed by atoms with Gasteiger partial charge in [0.05, 0.1) is 20.3 Å². The monoisotopic (exact) mass is 421 g/mol. The Kier molecular flexibility index (Phi) is 6.13. The molecule has 0 unspecified atom stereocenters. The minimum atomic E-state index is -0.419. The van der Waals surface area contributed by atoms with Crippen LogP contribution in [-0.4, -0.2) is 42.8 Å². The lowest BCUT2D eigenvalue weighted by Crippen LogP contribution is -2.34.